The van der Waals surface area contributed by atoms with Gasteiger partial charge in [0.2, 0.25) is 5.88 Å². The van der Waals surface area contributed by atoms with Gasteiger partial charge in [-0.05, 0) is 38.7 Å². The number of nitrogens with zero attached hydrogens (tertiary/aromatic N) is 1. The predicted octanol–water partition coefficient (Wildman–Crippen LogP) is 3.21. The Morgan fingerprint density at radius 2 is 2.22 bits per heavy atom. The van der Waals surface area contributed by atoms with Gasteiger partial charge in [0.25, 0.3) is 0 Å². The van der Waals surface area contributed by atoms with Crippen LogP contribution in [-0.4, -0.2) is 17.1 Å². The van der Waals surface area contributed by atoms with Crippen molar-refractivity contribution in [2.24, 2.45) is 0 Å². The van der Waals surface area contributed by atoms with Crippen molar-refractivity contribution < 1.29 is 4.74 Å². The van der Waals surface area contributed by atoms with Crippen molar-refractivity contribution in [1.29, 1.82) is 0 Å². The lowest BCUT2D eigenvalue weighted by Crippen LogP contribution is -2.17. The first-order chi connectivity index (χ1) is 8.69. The molecule has 3 nitrogen and oxygen atoms in total. The van der Waals surface area contributed by atoms with Gasteiger partial charge in [0, 0.05) is 24.3 Å². The highest BCUT2D eigenvalue weighted by molar-refractivity contribution is 5.25. The summed E-state index contributed by atoms with van der Waals surface area (Å²) in [6, 6.07) is 4.86. The Hall–Kier alpha value is -1.09. The number of pyridine rings is 1. The van der Waals surface area contributed by atoms with Gasteiger partial charge < -0.3 is 10.1 Å². The van der Waals surface area contributed by atoms with Crippen LogP contribution in [0.2, 0.25) is 0 Å². The third-order valence-corrected chi connectivity index (χ3v) is 3.35. The monoisotopic (exact) mass is 248 g/mol. The van der Waals surface area contributed by atoms with Gasteiger partial charge in [-0.1, -0.05) is 19.4 Å². The first-order valence-corrected chi connectivity index (χ1v) is 7.05. The molecule has 1 aromatic heterocycles. The van der Waals surface area contributed by atoms with E-state index in [4.69, 9.17) is 4.74 Å². The van der Waals surface area contributed by atoms with Gasteiger partial charge in [0.05, 0.1) is 6.10 Å². The number of hydrogen-bond donors (Lipinski definition) is 1. The quantitative estimate of drug-likeness (QED) is 0.804. The van der Waals surface area contributed by atoms with Crippen molar-refractivity contribution in [2.45, 2.75) is 65.1 Å². The molecular formula is C15H24N2O. The van der Waals surface area contributed by atoms with Crippen LogP contribution in [0.4, 0.5) is 0 Å². The molecule has 0 saturated heterocycles. The largest absolute Gasteiger partial charge is 0.475 e. The molecule has 1 aliphatic carbocycles. The normalized spacial score (nSPS) is 16.6. The molecule has 1 heterocycles. The van der Waals surface area contributed by atoms with Crippen LogP contribution in [0.15, 0.2) is 12.1 Å². The zero-order valence-corrected chi connectivity index (χ0v) is 11.7. The van der Waals surface area contributed by atoms with E-state index in [9.17, 15) is 0 Å². The molecule has 0 spiro atoms. The molecule has 3 heteroatoms. The minimum atomic E-state index is 0.248. The van der Waals surface area contributed by atoms with Crippen LogP contribution in [0, 0.1) is 6.92 Å². The predicted molar refractivity (Wildman–Crippen MR) is 73.8 cm³/mol. The molecule has 0 aliphatic heterocycles. The summed E-state index contributed by atoms with van der Waals surface area (Å²) in [5.74, 6) is 0.753. The summed E-state index contributed by atoms with van der Waals surface area (Å²) in [7, 11) is 0. The Bertz CT molecular complexity index is 388. The maximum atomic E-state index is 5.80. The van der Waals surface area contributed by atoms with Crippen LogP contribution < -0.4 is 10.1 Å². The summed E-state index contributed by atoms with van der Waals surface area (Å²) in [5, 5.41) is 3.51. The molecule has 1 aliphatic rings. The lowest BCUT2D eigenvalue weighted by Gasteiger charge is -2.14. The standard InChI is InChI=1S/C15H24N2O/c1-4-5-11(2)18-15-9-6-13(12(3)17-15)10-16-14-7-8-14/h6,9,11,14,16H,4-5,7-8,10H2,1-3H3. The van der Waals surface area contributed by atoms with Crippen molar-refractivity contribution in [3.63, 3.8) is 0 Å². The molecule has 1 fully saturated rings. The Morgan fingerprint density at radius 3 is 2.83 bits per heavy atom. The first-order valence-electron chi connectivity index (χ1n) is 7.05. The van der Waals surface area contributed by atoms with E-state index in [0.717, 1.165) is 37.0 Å². The average molecular weight is 248 g/mol. The number of aryl methyl sites for hydroxylation is 1. The lowest BCUT2D eigenvalue weighted by molar-refractivity contribution is 0.201. The molecule has 1 atom stereocenters. The summed E-state index contributed by atoms with van der Waals surface area (Å²) in [4.78, 5) is 4.53. The molecule has 1 aromatic rings. The molecule has 2 rings (SSSR count). The summed E-state index contributed by atoms with van der Waals surface area (Å²) < 4.78 is 5.80. The van der Waals surface area contributed by atoms with E-state index >= 15 is 0 Å². The number of nitrogens with one attached hydrogen (secondary N) is 1. The molecule has 0 bridgehead atoms. The Kier molecular flexibility index (Phi) is 4.59. The van der Waals surface area contributed by atoms with Crippen LogP contribution in [0.3, 0.4) is 0 Å². The van der Waals surface area contributed by atoms with Crippen LogP contribution in [0.1, 0.15) is 50.8 Å². The van der Waals surface area contributed by atoms with Gasteiger partial charge >= 0.3 is 0 Å². The van der Waals surface area contributed by atoms with Crippen LogP contribution >= 0.6 is 0 Å². The van der Waals surface area contributed by atoms with Gasteiger partial charge in [0.1, 0.15) is 0 Å². The maximum Gasteiger partial charge on any atom is 0.213 e. The van der Waals surface area contributed by atoms with E-state index < -0.39 is 0 Å². The van der Waals surface area contributed by atoms with Crippen LogP contribution in [-0.2, 0) is 6.54 Å². The van der Waals surface area contributed by atoms with E-state index in [1.54, 1.807) is 0 Å². The lowest BCUT2D eigenvalue weighted by atomic mass is 10.2. The molecule has 0 amide bonds. The van der Waals surface area contributed by atoms with Gasteiger partial charge in [-0.2, -0.15) is 0 Å². The second-order valence-electron chi connectivity index (χ2n) is 5.27. The van der Waals surface area contributed by atoms with Crippen molar-refractivity contribution >= 4 is 0 Å². The summed E-state index contributed by atoms with van der Waals surface area (Å²) in [5.41, 5.74) is 2.35. The van der Waals surface area contributed by atoms with Crippen molar-refractivity contribution in [1.82, 2.24) is 10.3 Å². The minimum Gasteiger partial charge on any atom is -0.475 e. The first kappa shape index (κ1) is 13.3. The number of hydrogen-bond acceptors (Lipinski definition) is 3. The Balaban J connectivity index is 1.90. The average Bonchev–Trinajstić information content (AvgIpc) is 3.12. The molecule has 1 N–H and O–H groups in total. The molecule has 0 radical (unpaired) electrons. The molecule has 18 heavy (non-hydrogen) atoms. The van der Waals surface area contributed by atoms with E-state index in [0.29, 0.717) is 0 Å². The van der Waals surface area contributed by atoms with Gasteiger partial charge in [0.15, 0.2) is 0 Å². The Labute approximate surface area is 110 Å². The minimum absolute atomic E-state index is 0.248. The van der Waals surface area contributed by atoms with E-state index in [2.05, 4.69) is 37.1 Å². The summed E-state index contributed by atoms with van der Waals surface area (Å²) in [6.07, 6.45) is 5.11. The van der Waals surface area contributed by atoms with Crippen LogP contribution in [0.25, 0.3) is 0 Å². The second-order valence-corrected chi connectivity index (χ2v) is 5.27. The van der Waals surface area contributed by atoms with Gasteiger partial charge in [-0.25, -0.2) is 4.98 Å². The van der Waals surface area contributed by atoms with Crippen molar-refractivity contribution in [3.05, 3.63) is 23.4 Å². The van der Waals surface area contributed by atoms with Crippen LogP contribution in [0.5, 0.6) is 5.88 Å². The maximum absolute atomic E-state index is 5.80. The van der Waals surface area contributed by atoms with Crippen molar-refractivity contribution in [3.8, 4) is 5.88 Å². The number of ether oxygens (including phenoxy) is 1. The van der Waals surface area contributed by atoms with Crippen molar-refractivity contribution in [2.75, 3.05) is 0 Å². The third kappa shape index (κ3) is 3.98. The van der Waals surface area contributed by atoms with Gasteiger partial charge in [-0.15, -0.1) is 0 Å². The third-order valence-electron chi connectivity index (χ3n) is 3.35. The fourth-order valence-corrected chi connectivity index (χ4v) is 2.03. The summed E-state index contributed by atoms with van der Waals surface area (Å²) in [6.45, 7) is 7.25. The van der Waals surface area contributed by atoms with E-state index in [-0.39, 0.29) is 6.10 Å². The molecular weight excluding hydrogens is 224 g/mol. The SMILES string of the molecule is CCCC(C)Oc1ccc(CNC2CC2)c(C)n1. The van der Waals surface area contributed by atoms with E-state index in [1.165, 1.54) is 18.4 Å². The smallest absolute Gasteiger partial charge is 0.213 e. The molecule has 0 aromatic carbocycles. The molecule has 1 unspecified atom stereocenters. The molecule has 100 valence electrons. The topological polar surface area (TPSA) is 34.1 Å². The highest BCUT2D eigenvalue weighted by Crippen LogP contribution is 2.20. The van der Waals surface area contributed by atoms with Gasteiger partial charge in [-0.3, -0.25) is 0 Å². The fourth-order valence-electron chi connectivity index (χ4n) is 2.03. The zero-order valence-electron chi connectivity index (χ0n) is 11.7. The summed E-state index contributed by atoms with van der Waals surface area (Å²) >= 11 is 0. The zero-order chi connectivity index (χ0) is 13.0. The fraction of sp³-hybridized carbons (Fsp3) is 0.667. The Morgan fingerprint density at radius 1 is 1.44 bits per heavy atom. The van der Waals surface area contributed by atoms with E-state index in [1.807, 2.05) is 6.07 Å². The highest BCUT2D eigenvalue weighted by Gasteiger charge is 2.20. The number of rotatable bonds is 7. The highest BCUT2D eigenvalue weighted by atomic mass is 16.5. The second kappa shape index (κ2) is 6.19. The number of aromatic nitrogens is 1. The molecule has 1 saturated carbocycles.